The van der Waals surface area contributed by atoms with Crippen LogP contribution in [0.15, 0.2) is 58.0 Å². The van der Waals surface area contributed by atoms with Crippen molar-refractivity contribution in [3.63, 3.8) is 0 Å². The highest BCUT2D eigenvalue weighted by Crippen LogP contribution is 2.29. The third-order valence-electron chi connectivity index (χ3n) is 3.56. The Balaban J connectivity index is 1.69. The lowest BCUT2D eigenvalue weighted by Gasteiger charge is -2.14. The number of para-hydroxylation sites is 1. The van der Waals surface area contributed by atoms with Gasteiger partial charge in [0.1, 0.15) is 5.25 Å². The lowest BCUT2D eigenvalue weighted by molar-refractivity contribution is -0.121. The van der Waals surface area contributed by atoms with Crippen molar-refractivity contribution in [3.05, 3.63) is 52.7 Å². The Kier molecular flexibility index (Phi) is 5.30. The minimum Gasteiger partial charge on any atom is -0.377 e. The Labute approximate surface area is 153 Å². The first-order chi connectivity index (χ1) is 12.1. The molecule has 0 bridgehead atoms. The van der Waals surface area contributed by atoms with Crippen LogP contribution in [-0.4, -0.2) is 27.9 Å². The molecule has 1 saturated heterocycles. The molecule has 1 aliphatic heterocycles. The number of carbonyl (C=O) groups excluding carboxylic acids is 2. The third-order valence-corrected chi connectivity index (χ3v) is 5.51. The fraction of sp³-hybridized carbons (Fsp3) is 0.176. The van der Waals surface area contributed by atoms with Gasteiger partial charge in [0.05, 0.1) is 16.3 Å². The second-order valence-electron chi connectivity index (χ2n) is 5.31. The molecule has 25 heavy (non-hydrogen) atoms. The summed E-state index contributed by atoms with van der Waals surface area (Å²) >= 11 is 2.63. The van der Waals surface area contributed by atoms with Crippen molar-refractivity contribution in [2.45, 2.75) is 18.6 Å². The van der Waals surface area contributed by atoms with Crippen molar-refractivity contribution in [2.24, 2.45) is 15.9 Å². The first-order valence-corrected chi connectivity index (χ1v) is 9.32. The summed E-state index contributed by atoms with van der Waals surface area (Å²) in [5, 5.41) is 9.60. The van der Waals surface area contributed by atoms with Gasteiger partial charge < -0.3 is 5.73 Å². The van der Waals surface area contributed by atoms with Crippen molar-refractivity contribution in [2.75, 3.05) is 4.90 Å². The summed E-state index contributed by atoms with van der Waals surface area (Å²) in [4.78, 5) is 26.9. The molecule has 1 fully saturated rings. The van der Waals surface area contributed by atoms with E-state index in [-0.39, 0.29) is 23.4 Å². The molecule has 0 aliphatic carbocycles. The summed E-state index contributed by atoms with van der Waals surface area (Å²) in [6.07, 6.45) is 0.0994. The van der Waals surface area contributed by atoms with Crippen LogP contribution in [0.2, 0.25) is 0 Å². The fourth-order valence-electron chi connectivity index (χ4n) is 2.37. The highest BCUT2D eigenvalue weighted by Gasteiger charge is 2.40. The van der Waals surface area contributed by atoms with Gasteiger partial charge in [-0.15, -0.1) is 16.4 Å². The lowest BCUT2D eigenvalue weighted by Crippen LogP contribution is -2.31. The third kappa shape index (κ3) is 3.97. The van der Waals surface area contributed by atoms with Crippen LogP contribution in [0.4, 0.5) is 5.69 Å². The summed E-state index contributed by atoms with van der Waals surface area (Å²) in [7, 11) is 0. The van der Waals surface area contributed by atoms with E-state index in [1.165, 1.54) is 4.90 Å². The average Bonchev–Trinajstić information content (AvgIpc) is 3.23. The lowest BCUT2D eigenvalue weighted by atomic mass is 10.3. The number of carbonyl (C=O) groups is 2. The standard InChI is InChI=1S/C17H16N4O2S2/c1-11(13-8-5-9-24-13)19-20-17(18)25-14-10-15(22)21(16(14)23)12-6-3-2-4-7-12/h2-9,14H,10H2,1H3,(H2,18,20)/b19-11+. The molecule has 2 amide bonds. The zero-order chi connectivity index (χ0) is 17.8. The van der Waals surface area contributed by atoms with Gasteiger partial charge in [0.2, 0.25) is 11.8 Å². The second kappa shape index (κ2) is 7.62. The van der Waals surface area contributed by atoms with E-state index in [0.717, 1.165) is 22.4 Å². The molecule has 1 aliphatic rings. The number of rotatable bonds is 4. The summed E-state index contributed by atoms with van der Waals surface area (Å²) in [6.45, 7) is 1.84. The van der Waals surface area contributed by atoms with Gasteiger partial charge in [0.15, 0.2) is 5.17 Å². The average molecular weight is 372 g/mol. The summed E-state index contributed by atoms with van der Waals surface area (Å²) < 4.78 is 0. The number of nitrogens with two attached hydrogens (primary N) is 1. The molecule has 128 valence electrons. The molecule has 1 aromatic carbocycles. The molecule has 2 heterocycles. The first kappa shape index (κ1) is 17.4. The van der Waals surface area contributed by atoms with Gasteiger partial charge in [-0.1, -0.05) is 36.0 Å². The highest BCUT2D eigenvalue weighted by atomic mass is 32.2. The molecule has 6 nitrogen and oxygen atoms in total. The van der Waals surface area contributed by atoms with Gasteiger partial charge in [-0.25, -0.2) is 4.90 Å². The van der Waals surface area contributed by atoms with E-state index in [0.29, 0.717) is 5.69 Å². The van der Waals surface area contributed by atoms with Crippen LogP contribution >= 0.6 is 23.1 Å². The number of benzene rings is 1. The van der Waals surface area contributed by atoms with E-state index in [1.807, 2.05) is 30.5 Å². The maximum Gasteiger partial charge on any atom is 0.247 e. The van der Waals surface area contributed by atoms with Gasteiger partial charge in [0.25, 0.3) is 0 Å². The SMILES string of the molecule is C/C(=N\N=C(N)SC1CC(=O)N(c2ccccc2)C1=O)c1cccs1. The zero-order valence-electron chi connectivity index (χ0n) is 13.5. The van der Waals surface area contributed by atoms with Crippen LogP contribution in [0.25, 0.3) is 0 Å². The number of amidine groups is 1. The molecule has 2 aromatic rings. The molecular weight excluding hydrogens is 356 g/mol. The Bertz CT molecular complexity index is 832. The monoisotopic (exact) mass is 372 g/mol. The van der Waals surface area contributed by atoms with Crippen molar-refractivity contribution in [1.29, 1.82) is 0 Å². The van der Waals surface area contributed by atoms with E-state index in [4.69, 9.17) is 5.73 Å². The van der Waals surface area contributed by atoms with Crippen LogP contribution in [0, 0.1) is 0 Å². The zero-order valence-corrected chi connectivity index (χ0v) is 15.1. The highest BCUT2D eigenvalue weighted by molar-refractivity contribution is 8.14. The quantitative estimate of drug-likeness (QED) is 0.387. The molecule has 0 saturated carbocycles. The van der Waals surface area contributed by atoms with Gasteiger partial charge >= 0.3 is 0 Å². The molecular formula is C17H16N4O2S2. The summed E-state index contributed by atoms with van der Waals surface area (Å²) in [6, 6.07) is 12.7. The second-order valence-corrected chi connectivity index (χ2v) is 7.49. The smallest absolute Gasteiger partial charge is 0.247 e. The number of hydrogen-bond acceptors (Lipinski definition) is 6. The van der Waals surface area contributed by atoms with E-state index >= 15 is 0 Å². The van der Waals surface area contributed by atoms with E-state index in [2.05, 4.69) is 10.2 Å². The molecule has 0 spiro atoms. The number of hydrogen-bond donors (Lipinski definition) is 1. The minimum atomic E-state index is -0.575. The van der Waals surface area contributed by atoms with Crippen LogP contribution in [0.1, 0.15) is 18.2 Å². The molecule has 3 rings (SSSR count). The molecule has 1 aromatic heterocycles. The van der Waals surface area contributed by atoms with Crippen molar-refractivity contribution >= 4 is 51.5 Å². The van der Waals surface area contributed by atoms with Crippen LogP contribution in [-0.2, 0) is 9.59 Å². The summed E-state index contributed by atoms with van der Waals surface area (Å²) in [5.74, 6) is -0.516. The number of thiophene rings is 1. The maximum atomic E-state index is 12.5. The van der Waals surface area contributed by atoms with Gasteiger partial charge in [-0.2, -0.15) is 5.10 Å². The van der Waals surface area contributed by atoms with Crippen LogP contribution in [0.5, 0.6) is 0 Å². The normalized spacial score (nSPS) is 18.9. The Morgan fingerprint density at radius 2 is 1.96 bits per heavy atom. The Morgan fingerprint density at radius 1 is 1.20 bits per heavy atom. The minimum absolute atomic E-state index is 0.0994. The number of amides is 2. The fourth-order valence-corrected chi connectivity index (χ4v) is 3.86. The number of imide groups is 1. The van der Waals surface area contributed by atoms with Gasteiger partial charge in [-0.05, 0) is 30.5 Å². The molecule has 1 atom stereocenters. The molecule has 8 heteroatoms. The topological polar surface area (TPSA) is 88.1 Å². The largest absolute Gasteiger partial charge is 0.377 e. The van der Waals surface area contributed by atoms with Crippen molar-refractivity contribution in [1.82, 2.24) is 0 Å². The number of thioether (sulfide) groups is 1. The van der Waals surface area contributed by atoms with Crippen LogP contribution in [0.3, 0.4) is 0 Å². The predicted molar refractivity (Wildman–Crippen MR) is 103 cm³/mol. The molecule has 2 N–H and O–H groups in total. The first-order valence-electron chi connectivity index (χ1n) is 7.56. The van der Waals surface area contributed by atoms with Crippen molar-refractivity contribution in [3.8, 4) is 0 Å². The molecule has 0 radical (unpaired) electrons. The van der Waals surface area contributed by atoms with E-state index in [1.54, 1.807) is 35.6 Å². The predicted octanol–water partition coefficient (Wildman–Crippen LogP) is 2.85. The van der Waals surface area contributed by atoms with E-state index in [9.17, 15) is 9.59 Å². The Hall–Kier alpha value is -2.45. The van der Waals surface area contributed by atoms with Gasteiger partial charge in [0, 0.05) is 6.42 Å². The number of nitrogens with zero attached hydrogens (tertiary/aromatic N) is 3. The van der Waals surface area contributed by atoms with Crippen molar-refractivity contribution < 1.29 is 9.59 Å². The summed E-state index contributed by atoms with van der Waals surface area (Å²) in [5.41, 5.74) is 7.19. The van der Waals surface area contributed by atoms with Crippen LogP contribution < -0.4 is 10.6 Å². The number of anilines is 1. The Morgan fingerprint density at radius 3 is 2.64 bits per heavy atom. The molecule has 1 unspecified atom stereocenters. The maximum absolute atomic E-state index is 12.5. The van der Waals surface area contributed by atoms with Gasteiger partial charge in [-0.3, -0.25) is 9.59 Å². The van der Waals surface area contributed by atoms with E-state index < -0.39 is 5.25 Å².